The Balaban J connectivity index is 1.37. The molecule has 1 unspecified atom stereocenters. The highest BCUT2D eigenvalue weighted by Gasteiger charge is 2.39. The molecule has 1 fully saturated rings. The van der Waals surface area contributed by atoms with Crippen molar-refractivity contribution in [2.45, 2.75) is 32.6 Å². The maximum atomic E-state index is 13.6. The number of benzene rings is 2. The highest BCUT2D eigenvalue weighted by molar-refractivity contribution is 6.29. The van der Waals surface area contributed by atoms with E-state index in [1.165, 1.54) is 17.7 Å². The number of nitrogens with one attached hydrogen (secondary N) is 1. The summed E-state index contributed by atoms with van der Waals surface area (Å²) < 4.78 is 21.1. The number of methoxy groups -OCH3 is 1. The van der Waals surface area contributed by atoms with Crippen LogP contribution < -0.4 is 15.0 Å². The second-order valence-electron chi connectivity index (χ2n) is 10.5. The lowest BCUT2D eigenvalue weighted by molar-refractivity contribution is 0.274. The summed E-state index contributed by atoms with van der Waals surface area (Å²) in [5.74, 6) is 2.07. The van der Waals surface area contributed by atoms with Crippen LogP contribution in [-0.4, -0.2) is 39.7 Å². The summed E-state index contributed by atoms with van der Waals surface area (Å²) in [6, 6.07) is 12.6. The summed E-state index contributed by atoms with van der Waals surface area (Å²) in [6.45, 7) is 6.44. The maximum Gasteiger partial charge on any atom is 0.229 e. The van der Waals surface area contributed by atoms with Gasteiger partial charge < -0.3 is 19.5 Å². The van der Waals surface area contributed by atoms with Gasteiger partial charge in [0.05, 0.1) is 18.5 Å². The molecule has 0 radical (unpaired) electrons. The number of fused-ring (bicyclic) bond motifs is 1. The zero-order chi connectivity index (χ0) is 25.7. The van der Waals surface area contributed by atoms with Crippen molar-refractivity contribution in [2.75, 3.05) is 30.4 Å². The average Bonchev–Trinajstić information content (AvgIpc) is 3.49. The Bertz CT molecular complexity index is 1460. The van der Waals surface area contributed by atoms with Gasteiger partial charge in [0.15, 0.2) is 0 Å². The number of hydrogen-bond acceptors (Lipinski definition) is 6. The largest absolute Gasteiger partial charge is 0.494 e. The van der Waals surface area contributed by atoms with Gasteiger partial charge in [-0.1, -0.05) is 37.6 Å². The van der Waals surface area contributed by atoms with E-state index < -0.39 is 0 Å². The molecule has 3 heterocycles. The molecule has 0 amide bonds. The third-order valence-corrected chi connectivity index (χ3v) is 7.30. The molecule has 0 saturated carbocycles. The predicted molar refractivity (Wildman–Crippen MR) is 143 cm³/mol. The second-order valence-corrected chi connectivity index (χ2v) is 10.9. The van der Waals surface area contributed by atoms with Crippen LogP contribution in [0, 0.1) is 11.2 Å². The second kappa shape index (κ2) is 9.03. The third kappa shape index (κ3) is 4.50. The number of halogens is 2. The summed E-state index contributed by atoms with van der Waals surface area (Å²) in [7, 11) is 1.63. The van der Waals surface area contributed by atoms with E-state index in [1.807, 2.05) is 34.9 Å². The molecule has 1 atom stereocenters. The van der Waals surface area contributed by atoms with Gasteiger partial charge in [0, 0.05) is 42.5 Å². The normalized spacial score (nSPS) is 17.9. The first-order chi connectivity index (χ1) is 17.8. The Kier molecular flexibility index (Phi) is 5.79. The summed E-state index contributed by atoms with van der Waals surface area (Å²) in [5, 5.41) is 3.81. The van der Waals surface area contributed by atoms with Gasteiger partial charge in [-0.05, 0) is 48.1 Å². The van der Waals surface area contributed by atoms with Crippen molar-refractivity contribution in [2.24, 2.45) is 5.41 Å². The number of aromatic nitrogens is 4. The van der Waals surface area contributed by atoms with Gasteiger partial charge in [-0.25, -0.2) is 14.4 Å². The fourth-order valence-electron chi connectivity index (χ4n) is 5.44. The number of imidazole rings is 1. The summed E-state index contributed by atoms with van der Waals surface area (Å²) >= 11 is 6.01. The minimum Gasteiger partial charge on any atom is -0.494 e. The van der Waals surface area contributed by atoms with Crippen LogP contribution in [0.2, 0.25) is 5.15 Å². The van der Waals surface area contributed by atoms with Gasteiger partial charge >= 0.3 is 0 Å². The number of rotatable bonds is 6. The molecule has 0 spiro atoms. The number of anilines is 3. The molecule has 2 aliphatic rings. The molecule has 1 N–H and O–H groups in total. The zero-order valence-corrected chi connectivity index (χ0v) is 21.8. The van der Waals surface area contributed by atoms with Crippen LogP contribution in [0.25, 0.3) is 5.69 Å². The van der Waals surface area contributed by atoms with E-state index in [0.29, 0.717) is 16.9 Å². The SMILES string of the molecule is COc1cc(Nc2nc3c(c(N4CC(C)(C)C4)n2)CCC3c2ccc(F)cc2)ccc1-n1cnc(Cl)c1. The predicted octanol–water partition coefficient (Wildman–Crippen LogP) is 6.13. The van der Waals surface area contributed by atoms with Crippen molar-refractivity contribution < 1.29 is 9.13 Å². The molecule has 0 bridgehead atoms. The molecule has 37 heavy (non-hydrogen) atoms. The highest BCUT2D eigenvalue weighted by atomic mass is 35.5. The highest BCUT2D eigenvalue weighted by Crippen LogP contribution is 2.44. The lowest BCUT2D eigenvalue weighted by Gasteiger charge is -2.47. The van der Waals surface area contributed by atoms with Crippen LogP contribution in [0.3, 0.4) is 0 Å². The first-order valence-electron chi connectivity index (χ1n) is 12.4. The molecule has 1 aliphatic carbocycles. The molecule has 7 nitrogen and oxygen atoms in total. The van der Waals surface area contributed by atoms with E-state index >= 15 is 0 Å². The molecule has 1 aliphatic heterocycles. The Labute approximate surface area is 220 Å². The smallest absolute Gasteiger partial charge is 0.229 e. The van der Waals surface area contributed by atoms with E-state index in [-0.39, 0.29) is 17.2 Å². The number of ether oxygens (including phenoxy) is 1. The van der Waals surface area contributed by atoms with Crippen LogP contribution in [0.15, 0.2) is 55.0 Å². The molecule has 190 valence electrons. The van der Waals surface area contributed by atoms with E-state index in [1.54, 1.807) is 19.6 Å². The van der Waals surface area contributed by atoms with Crippen LogP contribution in [0.5, 0.6) is 5.75 Å². The number of hydrogen-bond donors (Lipinski definition) is 1. The topological polar surface area (TPSA) is 68.1 Å². The lowest BCUT2D eigenvalue weighted by atomic mass is 9.84. The van der Waals surface area contributed by atoms with Crippen molar-refractivity contribution in [3.63, 3.8) is 0 Å². The van der Waals surface area contributed by atoms with E-state index in [4.69, 9.17) is 26.3 Å². The summed E-state index contributed by atoms with van der Waals surface area (Å²) in [5.41, 5.74) is 5.17. The molecule has 2 aromatic heterocycles. The maximum absolute atomic E-state index is 13.6. The average molecular weight is 519 g/mol. The van der Waals surface area contributed by atoms with Gasteiger partial charge in [-0.3, -0.25) is 0 Å². The summed E-state index contributed by atoms with van der Waals surface area (Å²) in [4.78, 5) is 16.4. The van der Waals surface area contributed by atoms with Gasteiger partial charge in [0.2, 0.25) is 5.95 Å². The van der Waals surface area contributed by atoms with E-state index in [2.05, 4.69) is 29.0 Å². The molecule has 4 aromatic rings. The van der Waals surface area contributed by atoms with Crippen LogP contribution in [-0.2, 0) is 6.42 Å². The van der Waals surface area contributed by atoms with Gasteiger partial charge in [0.25, 0.3) is 0 Å². The minimum absolute atomic E-state index is 0.107. The standard InChI is InChI=1S/C28H28ClFN6O/c1-28(2)14-36(15-28)26-21-10-9-20(17-4-6-18(30)7-5-17)25(21)33-27(34-26)32-19-8-11-22(23(12-19)37-3)35-13-24(29)31-16-35/h4-8,11-13,16,20H,9-10,14-15H2,1-3H3,(H,32,33,34). The Morgan fingerprint density at radius 2 is 1.89 bits per heavy atom. The van der Waals surface area contributed by atoms with E-state index in [9.17, 15) is 4.39 Å². The Morgan fingerprint density at radius 1 is 1.11 bits per heavy atom. The zero-order valence-electron chi connectivity index (χ0n) is 21.0. The number of nitrogens with zero attached hydrogens (tertiary/aromatic N) is 5. The molecular formula is C28H28ClFN6O. The Morgan fingerprint density at radius 3 is 2.57 bits per heavy atom. The third-order valence-electron chi connectivity index (χ3n) is 7.11. The fraction of sp³-hybridized carbons (Fsp3) is 0.321. The quantitative estimate of drug-likeness (QED) is 0.331. The van der Waals surface area contributed by atoms with Gasteiger partial charge in [-0.15, -0.1) is 0 Å². The molecule has 9 heteroatoms. The molecule has 1 saturated heterocycles. The first kappa shape index (κ1) is 23.7. The molecule has 6 rings (SSSR count). The van der Waals surface area contributed by atoms with Gasteiger partial charge in [0.1, 0.15) is 28.9 Å². The van der Waals surface area contributed by atoms with Crippen LogP contribution in [0.4, 0.5) is 21.8 Å². The van der Waals surface area contributed by atoms with Gasteiger partial charge in [-0.2, -0.15) is 4.98 Å². The van der Waals surface area contributed by atoms with Crippen molar-refractivity contribution in [3.8, 4) is 11.4 Å². The minimum atomic E-state index is -0.231. The summed E-state index contributed by atoms with van der Waals surface area (Å²) in [6.07, 6.45) is 5.21. The first-order valence-corrected chi connectivity index (χ1v) is 12.7. The van der Waals surface area contributed by atoms with Crippen molar-refractivity contribution in [1.29, 1.82) is 0 Å². The van der Waals surface area contributed by atoms with Crippen LogP contribution in [0.1, 0.15) is 43.0 Å². The fourth-order valence-corrected chi connectivity index (χ4v) is 5.59. The Hall–Kier alpha value is -3.65. The van der Waals surface area contributed by atoms with Crippen molar-refractivity contribution in [3.05, 3.63) is 82.8 Å². The lowest BCUT2D eigenvalue weighted by Crippen LogP contribution is -2.53. The van der Waals surface area contributed by atoms with E-state index in [0.717, 1.165) is 54.4 Å². The monoisotopic (exact) mass is 518 g/mol. The van der Waals surface area contributed by atoms with Crippen LogP contribution >= 0.6 is 11.6 Å². The molecular weight excluding hydrogens is 491 g/mol. The van der Waals surface area contributed by atoms with Crippen molar-refractivity contribution in [1.82, 2.24) is 19.5 Å². The van der Waals surface area contributed by atoms with Crippen molar-refractivity contribution >= 4 is 29.1 Å². The molecule has 2 aromatic carbocycles.